The summed E-state index contributed by atoms with van der Waals surface area (Å²) in [6, 6.07) is 9.58. The molecule has 0 radical (unpaired) electrons. The van der Waals surface area contributed by atoms with Gasteiger partial charge in [-0.15, -0.1) is 0 Å². The number of benzene rings is 1. The zero-order chi connectivity index (χ0) is 17.7. The Morgan fingerprint density at radius 3 is 2.54 bits per heavy atom. The minimum Gasteiger partial charge on any atom is -0.331 e. The van der Waals surface area contributed by atoms with E-state index in [0.717, 1.165) is 17.0 Å². The fourth-order valence-electron chi connectivity index (χ4n) is 2.33. The maximum atomic E-state index is 12.2. The molecule has 6 nitrogen and oxygen atoms in total. The summed E-state index contributed by atoms with van der Waals surface area (Å²) in [4.78, 5) is 25.9. The molecule has 0 saturated carbocycles. The van der Waals surface area contributed by atoms with Gasteiger partial charge in [-0.25, -0.2) is 4.68 Å². The molecule has 6 heteroatoms. The highest BCUT2D eigenvalue weighted by atomic mass is 16.2. The fraction of sp³-hybridized carbons (Fsp3) is 0.278. The third-order valence-corrected chi connectivity index (χ3v) is 3.58. The molecule has 0 fully saturated rings. The van der Waals surface area contributed by atoms with Gasteiger partial charge in [0.1, 0.15) is 0 Å². The molecular weight excluding hydrogens is 304 g/mol. The van der Waals surface area contributed by atoms with Gasteiger partial charge in [-0.1, -0.05) is 30.4 Å². The Morgan fingerprint density at radius 1 is 1.29 bits per heavy atom. The van der Waals surface area contributed by atoms with E-state index in [1.807, 2.05) is 51.1 Å². The molecule has 2 aromatic rings. The van der Waals surface area contributed by atoms with Gasteiger partial charge in [0, 0.05) is 13.1 Å². The van der Waals surface area contributed by atoms with E-state index in [1.165, 1.54) is 4.90 Å². The van der Waals surface area contributed by atoms with Crippen LogP contribution in [0, 0.1) is 6.92 Å². The summed E-state index contributed by atoms with van der Waals surface area (Å²) in [5.74, 6) is -1.25. The Morgan fingerprint density at radius 2 is 1.96 bits per heavy atom. The van der Waals surface area contributed by atoms with Gasteiger partial charge in [0.2, 0.25) is 0 Å². The SMILES string of the molecule is C=C(C)CN(CC)C(=O)C(=O)Nc1cnn(-c2ccccc2)c1C. The quantitative estimate of drug-likeness (QED) is 0.678. The first-order valence-electron chi connectivity index (χ1n) is 7.78. The number of aromatic nitrogens is 2. The largest absolute Gasteiger partial charge is 0.331 e. The summed E-state index contributed by atoms with van der Waals surface area (Å²) in [5.41, 5.74) is 2.99. The van der Waals surface area contributed by atoms with Crippen molar-refractivity contribution in [3.63, 3.8) is 0 Å². The third kappa shape index (κ3) is 3.90. The molecule has 2 rings (SSSR count). The van der Waals surface area contributed by atoms with Crippen LogP contribution in [0.2, 0.25) is 0 Å². The molecule has 0 aliphatic rings. The number of para-hydroxylation sites is 1. The Kier molecular flexibility index (Phi) is 5.52. The molecule has 0 aliphatic heterocycles. The Labute approximate surface area is 141 Å². The van der Waals surface area contributed by atoms with Crippen LogP contribution in [-0.2, 0) is 9.59 Å². The van der Waals surface area contributed by atoms with E-state index in [1.54, 1.807) is 10.9 Å². The predicted octanol–water partition coefficient (Wildman–Crippen LogP) is 2.54. The average Bonchev–Trinajstić information content (AvgIpc) is 2.93. The van der Waals surface area contributed by atoms with E-state index in [-0.39, 0.29) is 0 Å². The zero-order valence-corrected chi connectivity index (χ0v) is 14.2. The molecule has 1 heterocycles. The summed E-state index contributed by atoms with van der Waals surface area (Å²) >= 11 is 0. The third-order valence-electron chi connectivity index (χ3n) is 3.58. The molecular formula is C18H22N4O2. The summed E-state index contributed by atoms with van der Waals surface area (Å²) < 4.78 is 1.71. The average molecular weight is 326 g/mol. The molecule has 0 aliphatic carbocycles. The first kappa shape index (κ1) is 17.5. The number of likely N-dealkylation sites (N-methyl/N-ethyl adjacent to an activating group) is 1. The number of rotatable bonds is 5. The second-order valence-corrected chi connectivity index (χ2v) is 5.62. The van der Waals surface area contributed by atoms with Crippen molar-refractivity contribution in [1.82, 2.24) is 14.7 Å². The summed E-state index contributed by atoms with van der Waals surface area (Å²) in [7, 11) is 0. The monoisotopic (exact) mass is 326 g/mol. The van der Waals surface area contributed by atoms with Crippen molar-refractivity contribution >= 4 is 17.5 Å². The molecule has 0 unspecified atom stereocenters. The van der Waals surface area contributed by atoms with Crippen LogP contribution in [0.3, 0.4) is 0 Å². The summed E-state index contributed by atoms with van der Waals surface area (Å²) in [5, 5.41) is 6.92. The zero-order valence-electron chi connectivity index (χ0n) is 14.2. The fourth-order valence-corrected chi connectivity index (χ4v) is 2.33. The first-order valence-corrected chi connectivity index (χ1v) is 7.78. The van der Waals surface area contributed by atoms with Gasteiger partial charge in [-0.2, -0.15) is 5.10 Å². The highest BCUT2D eigenvalue weighted by Crippen LogP contribution is 2.18. The van der Waals surface area contributed by atoms with Gasteiger partial charge in [-0.3, -0.25) is 9.59 Å². The van der Waals surface area contributed by atoms with Crippen LogP contribution in [0.1, 0.15) is 19.5 Å². The highest BCUT2D eigenvalue weighted by Gasteiger charge is 2.22. The Balaban J connectivity index is 2.14. The highest BCUT2D eigenvalue weighted by molar-refractivity contribution is 6.39. The molecule has 0 spiro atoms. The number of amides is 2. The van der Waals surface area contributed by atoms with E-state index < -0.39 is 11.8 Å². The van der Waals surface area contributed by atoms with E-state index >= 15 is 0 Å². The maximum absolute atomic E-state index is 12.2. The second-order valence-electron chi connectivity index (χ2n) is 5.62. The standard InChI is InChI=1S/C18H22N4O2/c1-5-21(12-13(2)3)18(24)17(23)20-16-11-19-22(14(16)4)15-9-7-6-8-10-15/h6-11H,2,5,12H2,1,3-4H3,(H,20,23). The van der Waals surface area contributed by atoms with Gasteiger partial charge in [-0.05, 0) is 32.9 Å². The Bertz CT molecular complexity index is 750. The second kappa shape index (κ2) is 7.59. The van der Waals surface area contributed by atoms with Gasteiger partial charge in [0.15, 0.2) is 0 Å². The molecule has 2 amide bonds. The molecule has 1 aromatic carbocycles. The van der Waals surface area contributed by atoms with E-state index in [9.17, 15) is 9.59 Å². The van der Waals surface area contributed by atoms with Crippen molar-refractivity contribution in [3.05, 3.63) is 54.4 Å². The smallest absolute Gasteiger partial charge is 0.314 e. The van der Waals surface area contributed by atoms with Crippen LogP contribution in [0.4, 0.5) is 5.69 Å². The van der Waals surface area contributed by atoms with Crippen LogP contribution >= 0.6 is 0 Å². The molecule has 0 bridgehead atoms. The number of nitrogens with zero attached hydrogens (tertiary/aromatic N) is 3. The number of hydrogen-bond donors (Lipinski definition) is 1. The van der Waals surface area contributed by atoms with Crippen LogP contribution in [0.15, 0.2) is 48.7 Å². The number of carbonyl (C=O) groups excluding carboxylic acids is 2. The molecule has 0 atom stereocenters. The van der Waals surface area contributed by atoms with E-state index in [4.69, 9.17) is 0 Å². The molecule has 0 saturated heterocycles. The molecule has 1 N–H and O–H groups in total. The lowest BCUT2D eigenvalue weighted by atomic mass is 10.3. The number of nitrogens with one attached hydrogen (secondary N) is 1. The van der Waals surface area contributed by atoms with Crippen molar-refractivity contribution in [1.29, 1.82) is 0 Å². The van der Waals surface area contributed by atoms with Crippen molar-refractivity contribution < 1.29 is 9.59 Å². The van der Waals surface area contributed by atoms with Crippen molar-refractivity contribution in [3.8, 4) is 5.69 Å². The lowest BCUT2D eigenvalue weighted by Crippen LogP contribution is -2.40. The molecule has 1 aromatic heterocycles. The minimum absolute atomic E-state index is 0.366. The van der Waals surface area contributed by atoms with Gasteiger partial charge in [0.05, 0.1) is 23.3 Å². The number of carbonyl (C=O) groups is 2. The maximum Gasteiger partial charge on any atom is 0.314 e. The number of anilines is 1. The van der Waals surface area contributed by atoms with Crippen LogP contribution < -0.4 is 5.32 Å². The van der Waals surface area contributed by atoms with Crippen LogP contribution in [0.5, 0.6) is 0 Å². The van der Waals surface area contributed by atoms with Gasteiger partial charge >= 0.3 is 11.8 Å². The molecule has 126 valence electrons. The minimum atomic E-state index is -0.672. The predicted molar refractivity (Wildman–Crippen MR) is 94.0 cm³/mol. The van der Waals surface area contributed by atoms with E-state index in [2.05, 4.69) is 17.0 Å². The normalized spacial score (nSPS) is 10.3. The number of hydrogen-bond acceptors (Lipinski definition) is 3. The lowest BCUT2D eigenvalue weighted by Gasteiger charge is -2.20. The van der Waals surface area contributed by atoms with Crippen molar-refractivity contribution in [2.24, 2.45) is 0 Å². The van der Waals surface area contributed by atoms with Gasteiger partial charge < -0.3 is 10.2 Å². The van der Waals surface area contributed by atoms with Crippen LogP contribution in [0.25, 0.3) is 5.69 Å². The molecule has 24 heavy (non-hydrogen) atoms. The van der Waals surface area contributed by atoms with E-state index in [0.29, 0.717) is 18.8 Å². The lowest BCUT2D eigenvalue weighted by molar-refractivity contribution is -0.142. The summed E-state index contributed by atoms with van der Waals surface area (Å²) in [6.07, 6.45) is 1.54. The Hall–Kier alpha value is -2.89. The van der Waals surface area contributed by atoms with Crippen molar-refractivity contribution in [2.45, 2.75) is 20.8 Å². The van der Waals surface area contributed by atoms with Crippen LogP contribution in [-0.4, -0.2) is 39.6 Å². The van der Waals surface area contributed by atoms with Crippen molar-refractivity contribution in [2.75, 3.05) is 18.4 Å². The topological polar surface area (TPSA) is 67.2 Å². The van der Waals surface area contributed by atoms with Gasteiger partial charge in [0.25, 0.3) is 0 Å². The summed E-state index contributed by atoms with van der Waals surface area (Å²) in [6.45, 7) is 10.1. The first-order chi connectivity index (χ1) is 11.4.